The Morgan fingerprint density at radius 3 is 2.00 bits per heavy atom. The number of rotatable bonds is 7. The molecule has 2 fully saturated rings. The average molecular weight is 294 g/mol. The highest BCUT2D eigenvalue weighted by atomic mass is 19.1. The van der Waals surface area contributed by atoms with Crippen molar-refractivity contribution in [2.75, 3.05) is 0 Å². The van der Waals surface area contributed by atoms with Gasteiger partial charge in [0, 0.05) is 0 Å². The van der Waals surface area contributed by atoms with Gasteiger partial charge in [0.2, 0.25) is 0 Å². The van der Waals surface area contributed by atoms with E-state index in [1.54, 1.807) is 6.08 Å². The van der Waals surface area contributed by atoms with Crippen LogP contribution in [0.15, 0.2) is 12.4 Å². The predicted molar refractivity (Wildman–Crippen MR) is 89.9 cm³/mol. The molecule has 1 heteroatoms. The molecule has 21 heavy (non-hydrogen) atoms. The second kappa shape index (κ2) is 9.64. The summed E-state index contributed by atoms with van der Waals surface area (Å²) in [5.41, 5.74) is 0. The maximum atomic E-state index is 12.2. The van der Waals surface area contributed by atoms with E-state index in [4.69, 9.17) is 0 Å². The third-order valence-corrected chi connectivity index (χ3v) is 6.19. The Morgan fingerprint density at radius 1 is 0.810 bits per heavy atom. The molecular formula is C20H35F. The summed E-state index contributed by atoms with van der Waals surface area (Å²) < 4.78 is 12.2. The van der Waals surface area contributed by atoms with Crippen molar-refractivity contribution >= 4 is 0 Å². The zero-order valence-electron chi connectivity index (χ0n) is 14.0. The van der Waals surface area contributed by atoms with Crippen LogP contribution in [0.1, 0.15) is 90.4 Å². The van der Waals surface area contributed by atoms with Gasteiger partial charge in [-0.2, -0.15) is 0 Å². The molecule has 2 aliphatic rings. The molecule has 0 amide bonds. The lowest BCUT2D eigenvalue weighted by Gasteiger charge is -2.37. The van der Waals surface area contributed by atoms with Gasteiger partial charge in [-0.3, -0.25) is 0 Å². The molecule has 0 aromatic carbocycles. The summed E-state index contributed by atoms with van der Waals surface area (Å²) in [5.74, 6) is 3.51. The standard InChI is InChI=1S/C20H35F/c1-2-3-4-5-6-17-7-11-19(12-8-17)20-13-9-18(10-14-20)15-16-21/h15-20H,2-14H2,1H3/t17-,18-,19-,20-. The van der Waals surface area contributed by atoms with E-state index in [2.05, 4.69) is 6.92 Å². The van der Waals surface area contributed by atoms with Gasteiger partial charge in [0.05, 0.1) is 6.33 Å². The molecule has 2 saturated carbocycles. The van der Waals surface area contributed by atoms with Crippen molar-refractivity contribution in [1.82, 2.24) is 0 Å². The molecule has 0 saturated heterocycles. The fourth-order valence-corrected chi connectivity index (χ4v) is 4.72. The summed E-state index contributed by atoms with van der Waals surface area (Å²) >= 11 is 0. The Hall–Kier alpha value is -0.330. The molecule has 2 aliphatic carbocycles. The van der Waals surface area contributed by atoms with Crippen molar-refractivity contribution in [1.29, 1.82) is 0 Å². The summed E-state index contributed by atoms with van der Waals surface area (Å²) in [6.45, 7) is 2.29. The van der Waals surface area contributed by atoms with Crippen molar-refractivity contribution in [3.05, 3.63) is 12.4 Å². The van der Waals surface area contributed by atoms with Gasteiger partial charge in [-0.25, -0.2) is 4.39 Å². The smallest absolute Gasteiger partial charge is 0.0829 e. The van der Waals surface area contributed by atoms with Crippen LogP contribution in [-0.2, 0) is 0 Å². The topological polar surface area (TPSA) is 0 Å². The minimum absolute atomic E-state index is 0.529. The van der Waals surface area contributed by atoms with E-state index < -0.39 is 0 Å². The first-order chi connectivity index (χ1) is 10.3. The number of unbranched alkanes of at least 4 members (excludes halogenated alkanes) is 3. The average Bonchev–Trinajstić information content (AvgIpc) is 2.53. The van der Waals surface area contributed by atoms with Gasteiger partial charge in [0.15, 0.2) is 0 Å². The molecular weight excluding hydrogens is 259 g/mol. The van der Waals surface area contributed by atoms with Gasteiger partial charge in [-0.05, 0) is 62.2 Å². The minimum Gasteiger partial charge on any atom is -0.216 e. The van der Waals surface area contributed by atoms with E-state index in [1.165, 1.54) is 83.5 Å². The van der Waals surface area contributed by atoms with E-state index in [0.717, 1.165) is 24.1 Å². The van der Waals surface area contributed by atoms with Crippen LogP contribution in [0.2, 0.25) is 0 Å². The molecule has 2 rings (SSSR count). The fourth-order valence-electron chi connectivity index (χ4n) is 4.72. The Balaban J connectivity index is 1.61. The van der Waals surface area contributed by atoms with Gasteiger partial charge < -0.3 is 0 Å². The van der Waals surface area contributed by atoms with Gasteiger partial charge >= 0.3 is 0 Å². The number of halogens is 1. The molecule has 0 unspecified atom stereocenters. The highest BCUT2D eigenvalue weighted by molar-refractivity contribution is 4.89. The highest BCUT2D eigenvalue weighted by Gasteiger charge is 2.30. The van der Waals surface area contributed by atoms with E-state index in [9.17, 15) is 4.39 Å². The summed E-state index contributed by atoms with van der Waals surface area (Å²) in [6, 6.07) is 0. The summed E-state index contributed by atoms with van der Waals surface area (Å²) in [6.07, 6.45) is 20.8. The number of hydrogen-bond acceptors (Lipinski definition) is 0. The van der Waals surface area contributed by atoms with E-state index in [0.29, 0.717) is 5.92 Å². The van der Waals surface area contributed by atoms with Crippen molar-refractivity contribution in [3.63, 3.8) is 0 Å². The Bertz CT molecular complexity index is 280. The molecule has 0 radical (unpaired) electrons. The van der Waals surface area contributed by atoms with Crippen LogP contribution in [0.5, 0.6) is 0 Å². The van der Waals surface area contributed by atoms with Crippen LogP contribution in [0.3, 0.4) is 0 Å². The van der Waals surface area contributed by atoms with E-state index in [-0.39, 0.29) is 0 Å². The zero-order valence-corrected chi connectivity index (χ0v) is 14.0. The molecule has 0 N–H and O–H groups in total. The van der Waals surface area contributed by atoms with Gasteiger partial charge in [-0.15, -0.1) is 0 Å². The van der Waals surface area contributed by atoms with Crippen LogP contribution in [-0.4, -0.2) is 0 Å². The lowest BCUT2D eigenvalue weighted by atomic mass is 9.68. The summed E-state index contributed by atoms with van der Waals surface area (Å²) in [5, 5.41) is 0. The number of allylic oxidation sites excluding steroid dienone is 1. The lowest BCUT2D eigenvalue weighted by molar-refractivity contribution is 0.151. The normalized spacial score (nSPS) is 34.4. The van der Waals surface area contributed by atoms with Crippen molar-refractivity contribution in [3.8, 4) is 0 Å². The van der Waals surface area contributed by atoms with Crippen LogP contribution < -0.4 is 0 Å². The number of hydrogen-bond donors (Lipinski definition) is 0. The van der Waals surface area contributed by atoms with Gasteiger partial charge in [0.1, 0.15) is 0 Å². The zero-order chi connectivity index (χ0) is 14.9. The molecule has 0 bridgehead atoms. The molecule has 0 nitrogen and oxygen atoms in total. The maximum Gasteiger partial charge on any atom is 0.0829 e. The summed E-state index contributed by atoms with van der Waals surface area (Å²) in [7, 11) is 0. The Kier molecular flexibility index (Phi) is 7.82. The molecule has 0 heterocycles. The second-order valence-electron chi connectivity index (χ2n) is 7.62. The van der Waals surface area contributed by atoms with Crippen LogP contribution in [0, 0.1) is 23.7 Å². The fraction of sp³-hybridized carbons (Fsp3) is 0.900. The molecule has 0 aromatic rings. The lowest BCUT2D eigenvalue weighted by Crippen LogP contribution is -2.25. The van der Waals surface area contributed by atoms with Gasteiger partial charge in [-0.1, -0.05) is 57.9 Å². The van der Waals surface area contributed by atoms with Crippen molar-refractivity contribution in [2.24, 2.45) is 23.7 Å². The first-order valence-corrected chi connectivity index (χ1v) is 9.60. The Morgan fingerprint density at radius 2 is 1.43 bits per heavy atom. The predicted octanol–water partition coefficient (Wildman–Crippen LogP) is 7.05. The second-order valence-corrected chi connectivity index (χ2v) is 7.62. The van der Waals surface area contributed by atoms with Crippen molar-refractivity contribution in [2.45, 2.75) is 90.4 Å². The Labute approximate surface area is 131 Å². The maximum absolute atomic E-state index is 12.2. The largest absolute Gasteiger partial charge is 0.216 e. The quantitative estimate of drug-likeness (QED) is 0.441. The highest BCUT2D eigenvalue weighted by Crippen LogP contribution is 2.42. The van der Waals surface area contributed by atoms with Crippen LogP contribution >= 0.6 is 0 Å². The SMILES string of the molecule is CCCCCC[C@H]1CC[C@H]([C@H]2CC[C@H](C=CF)CC2)CC1. The van der Waals surface area contributed by atoms with E-state index >= 15 is 0 Å². The first-order valence-electron chi connectivity index (χ1n) is 9.60. The van der Waals surface area contributed by atoms with Crippen LogP contribution in [0.4, 0.5) is 4.39 Å². The minimum atomic E-state index is 0.529. The molecule has 0 aromatic heterocycles. The monoisotopic (exact) mass is 294 g/mol. The molecule has 0 aliphatic heterocycles. The summed E-state index contributed by atoms with van der Waals surface area (Å²) in [4.78, 5) is 0. The third kappa shape index (κ3) is 5.75. The molecule has 0 spiro atoms. The first kappa shape index (κ1) is 17.0. The van der Waals surface area contributed by atoms with Gasteiger partial charge in [0.25, 0.3) is 0 Å². The van der Waals surface area contributed by atoms with Crippen LogP contribution in [0.25, 0.3) is 0 Å². The third-order valence-electron chi connectivity index (χ3n) is 6.19. The van der Waals surface area contributed by atoms with E-state index in [1.807, 2.05) is 0 Å². The molecule has 0 atom stereocenters. The van der Waals surface area contributed by atoms with Crippen molar-refractivity contribution < 1.29 is 4.39 Å². The molecule has 122 valence electrons.